The molecule has 0 spiro atoms. The van der Waals surface area contributed by atoms with E-state index in [1.807, 2.05) is 0 Å². The van der Waals surface area contributed by atoms with Crippen molar-refractivity contribution in [3.63, 3.8) is 0 Å². The number of pyridine rings is 1. The fourth-order valence-corrected chi connectivity index (χ4v) is 2.44. The molecule has 1 aliphatic heterocycles. The molecule has 2 rings (SSSR count). The van der Waals surface area contributed by atoms with Crippen LogP contribution in [0.15, 0.2) is 12.1 Å². The second kappa shape index (κ2) is 8.62. The summed E-state index contributed by atoms with van der Waals surface area (Å²) in [5.74, 6) is 0.315. The number of nitrogens with one attached hydrogen (secondary N) is 1. The average molecular weight is 292 g/mol. The van der Waals surface area contributed by atoms with Gasteiger partial charge in [0.25, 0.3) is 0 Å². The van der Waals surface area contributed by atoms with E-state index >= 15 is 0 Å². The Bertz CT molecular complexity index is 463. The van der Waals surface area contributed by atoms with Gasteiger partial charge in [0, 0.05) is 31.7 Å². The number of carboxylic acids is 1. The highest BCUT2D eigenvalue weighted by molar-refractivity contribution is 5.66. The number of carboxylic acid groups (broad SMARTS) is 1. The standard InChI is InChI=1S/C16H24N2O3/c19-15(20)6-2-1-3-11-21-12-9-14-8-7-13-5-4-10-17-16(13)18-14/h7-8H,1-6,9-12H2,(H,17,18)(H,19,20). The molecule has 2 heterocycles. The van der Waals surface area contributed by atoms with Gasteiger partial charge in [-0.3, -0.25) is 4.79 Å². The van der Waals surface area contributed by atoms with E-state index in [-0.39, 0.29) is 6.42 Å². The number of hydrogen-bond acceptors (Lipinski definition) is 4. The number of unbranched alkanes of at least 4 members (excludes halogenated alkanes) is 2. The normalized spacial score (nSPS) is 13.5. The van der Waals surface area contributed by atoms with Crippen molar-refractivity contribution < 1.29 is 14.6 Å². The Hall–Kier alpha value is -1.62. The van der Waals surface area contributed by atoms with Crippen molar-refractivity contribution in [1.82, 2.24) is 4.98 Å². The van der Waals surface area contributed by atoms with Crippen LogP contribution in [0.2, 0.25) is 0 Å². The summed E-state index contributed by atoms with van der Waals surface area (Å²) >= 11 is 0. The molecule has 0 saturated carbocycles. The molecule has 1 aliphatic rings. The maximum atomic E-state index is 10.4. The number of nitrogens with zero attached hydrogens (tertiary/aromatic N) is 1. The minimum atomic E-state index is -0.719. The summed E-state index contributed by atoms with van der Waals surface area (Å²) in [6.07, 6.45) is 5.94. The van der Waals surface area contributed by atoms with Crippen LogP contribution in [0.5, 0.6) is 0 Å². The van der Waals surface area contributed by atoms with E-state index < -0.39 is 5.97 Å². The van der Waals surface area contributed by atoms with Gasteiger partial charge in [-0.15, -0.1) is 0 Å². The third-order valence-corrected chi connectivity index (χ3v) is 3.63. The van der Waals surface area contributed by atoms with Gasteiger partial charge in [-0.2, -0.15) is 0 Å². The smallest absolute Gasteiger partial charge is 0.303 e. The average Bonchev–Trinajstić information content (AvgIpc) is 2.49. The second-order valence-corrected chi connectivity index (χ2v) is 5.41. The van der Waals surface area contributed by atoms with Gasteiger partial charge >= 0.3 is 5.97 Å². The lowest BCUT2D eigenvalue weighted by Gasteiger charge is -2.17. The first kappa shape index (κ1) is 15.8. The molecule has 0 atom stereocenters. The molecule has 1 aromatic heterocycles. The van der Waals surface area contributed by atoms with Crippen LogP contribution in [0.1, 0.15) is 43.4 Å². The summed E-state index contributed by atoms with van der Waals surface area (Å²) < 4.78 is 5.58. The topological polar surface area (TPSA) is 71.5 Å². The highest BCUT2D eigenvalue weighted by Gasteiger charge is 2.09. The Morgan fingerprint density at radius 2 is 2.19 bits per heavy atom. The van der Waals surface area contributed by atoms with Gasteiger partial charge in [0.1, 0.15) is 5.82 Å². The Labute approximate surface area is 125 Å². The van der Waals surface area contributed by atoms with E-state index in [0.29, 0.717) is 13.2 Å². The van der Waals surface area contributed by atoms with Gasteiger partial charge in [-0.25, -0.2) is 4.98 Å². The van der Waals surface area contributed by atoms with Gasteiger partial charge in [0.05, 0.1) is 6.61 Å². The van der Waals surface area contributed by atoms with Crippen LogP contribution >= 0.6 is 0 Å². The summed E-state index contributed by atoms with van der Waals surface area (Å²) in [6, 6.07) is 4.25. The van der Waals surface area contributed by atoms with E-state index in [2.05, 4.69) is 22.4 Å². The number of aromatic nitrogens is 1. The van der Waals surface area contributed by atoms with Crippen molar-refractivity contribution in [2.24, 2.45) is 0 Å². The molecule has 0 unspecified atom stereocenters. The molecule has 0 aliphatic carbocycles. The van der Waals surface area contributed by atoms with Crippen LogP contribution in [0.3, 0.4) is 0 Å². The van der Waals surface area contributed by atoms with Crippen LogP contribution in [0.25, 0.3) is 0 Å². The number of fused-ring (bicyclic) bond motifs is 1. The molecular formula is C16H24N2O3. The van der Waals surface area contributed by atoms with Crippen molar-refractivity contribution in [3.8, 4) is 0 Å². The molecule has 0 radical (unpaired) electrons. The van der Waals surface area contributed by atoms with Gasteiger partial charge in [0.2, 0.25) is 0 Å². The molecule has 21 heavy (non-hydrogen) atoms. The lowest BCUT2D eigenvalue weighted by Crippen LogP contribution is -2.14. The fourth-order valence-electron chi connectivity index (χ4n) is 2.44. The maximum Gasteiger partial charge on any atom is 0.303 e. The molecule has 0 fully saturated rings. The first-order valence-electron chi connectivity index (χ1n) is 7.78. The van der Waals surface area contributed by atoms with Crippen molar-refractivity contribution in [2.75, 3.05) is 25.1 Å². The largest absolute Gasteiger partial charge is 0.481 e. The van der Waals surface area contributed by atoms with Crippen molar-refractivity contribution in [3.05, 3.63) is 23.4 Å². The molecule has 5 nitrogen and oxygen atoms in total. The number of aryl methyl sites for hydroxylation is 1. The first-order valence-corrected chi connectivity index (χ1v) is 7.78. The second-order valence-electron chi connectivity index (χ2n) is 5.41. The van der Waals surface area contributed by atoms with E-state index in [1.165, 1.54) is 12.0 Å². The molecular weight excluding hydrogens is 268 g/mol. The molecule has 2 N–H and O–H groups in total. The maximum absolute atomic E-state index is 10.4. The molecule has 0 amide bonds. The Morgan fingerprint density at radius 1 is 1.29 bits per heavy atom. The predicted octanol–water partition coefficient (Wildman–Crippen LogP) is 2.64. The summed E-state index contributed by atoms with van der Waals surface area (Å²) in [5.41, 5.74) is 2.37. The van der Waals surface area contributed by atoms with Crippen LogP contribution in [0.4, 0.5) is 5.82 Å². The summed E-state index contributed by atoms with van der Waals surface area (Å²) in [6.45, 7) is 2.38. The number of hydrogen-bond donors (Lipinski definition) is 2. The fraction of sp³-hybridized carbons (Fsp3) is 0.625. The zero-order chi connectivity index (χ0) is 14.9. The summed E-state index contributed by atoms with van der Waals surface area (Å²) in [7, 11) is 0. The lowest BCUT2D eigenvalue weighted by molar-refractivity contribution is -0.137. The predicted molar refractivity (Wildman–Crippen MR) is 81.7 cm³/mol. The highest BCUT2D eigenvalue weighted by Crippen LogP contribution is 2.19. The number of anilines is 1. The third kappa shape index (κ3) is 5.71. The minimum Gasteiger partial charge on any atom is -0.481 e. The molecule has 116 valence electrons. The SMILES string of the molecule is O=C(O)CCCCCOCCc1ccc2c(n1)NCCC2. The van der Waals surface area contributed by atoms with Gasteiger partial charge in [0.15, 0.2) is 0 Å². The Morgan fingerprint density at radius 3 is 3.05 bits per heavy atom. The number of carbonyl (C=O) groups is 1. The summed E-state index contributed by atoms with van der Waals surface area (Å²) in [4.78, 5) is 15.0. The molecule has 5 heteroatoms. The monoisotopic (exact) mass is 292 g/mol. The van der Waals surface area contributed by atoms with Gasteiger partial charge < -0.3 is 15.2 Å². The minimum absolute atomic E-state index is 0.256. The quantitative estimate of drug-likeness (QED) is 0.685. The van der Waals surface area contributed by atoms with E-state index in [9.17, 15) is 4.79 Å². The van der Waals surface area contributed by atoms with Gasteiger partial charge in [-0.1, -0.05) is 12.5 Å². The Balaban J connectivity index is 1.57. The summed E-state index contributed by atoms with van der Waals surface area (Å²) in [5, 5.41) is 11.9. The lowest BCUT2D eigenvalue weighted by atomic mass is 10.1. The number of ether oxygens (including phenoxy) is 1. The van der Waals surface area contributed by atoms with Crippen molar-refractivity contribution >= 4 is 11.8 Å². The van der Waals surface area contributed by atoms with Crippen molar-refractivity contribution in [2.45, 2.75) is 44.9 Å². The van der Waals surface area contributed by atoms with Gasteiger partial charge in [-0.05, 0) is 37.3 Å². The van der Waals surface area contributed by atoms with Crippen molar-refractivity contribution in [1.29, 1.82) is 0 Å². The first-order chi connectivity index (χ1) is 10.3. The third-order valence-electron chi connectivity index (χ3n) is 3.63. The van der Waals surface area contributed by atoms with Crippen LogP contribution in [-0.4, -0.2) is 35.8 Å². The van der Waals surface area contributed by atoms with E-state index in [4.69, 9.17) is 9.84 Å². The molecule has 1 aromatic rings. The zero-order valence-electron chi connectivity index (χ0n) is 12.4. The van der Waals surface area contributed by atoms with Crippen LogP contribution < -0.4 is 5.32 Å². The number of rotatable bonds is 9. The zero-order valence-corrected chi connectivity index (χ0v) is 12.4. The Kier molecular flexibility index (Phi) is 6.47. The van der Waals surface area contributed by atoms with Crippen LogP contribution in [-0.2, 0) is 22.4 Å². The van der Waals surface area contributed by atoms with E-state index in [1.54, 1.807) is 0 Å². The molecule has 0 bridgehead atoms. The number of aliphatic carboxylic acids is 1. The molecule has 0 aromatic carbocycles. The van der Waals surface area contributed by atoms with Crippen LogP contribution in [0, 0.1) is 0 Å². The van der Waals surface area contributed by atoms with E-state index in [0.717, 1.165) is 50.2 Å². The molecule has 0 saturated heterocycles. The highest BCUT2D eigenvalue weighted by atomic mass is 16.5.